The monoisotopic (exact) mass is 519 g/mol. The smallest absolute Gasteiger partial charge is 0.271 e. The SMILES string of the molecule is COCCOc1ccc(C(=O)NC(=S)NNC(=O)c2ccc(Cl)cc2Cl)cc1Br. The summed E-state index contributed by atoms with van der Waals surface area (Å²) >= 11 is 20.1. The molecule has 0 heterocycles. The van der Waals surface area contributed by atoms with Crippen LogP contribution in [0.3, 0.4) is 0 Å². The van der Waals surface area contributed by atoms with Crippen molar-refractivity contribution in [2.24, 2.45) is 0 Å². The van der Waals surface area contributed by atoms with Gasteiger partial charge in [-0.2, -0.15) is 0 Å². The van der Waals surface area contributed by atoms with Gasteiger partial charge in [-0.15, -0.1) is 0 Å². The van der Waals surface area contributed by atoms with Crippen LogP contribution in [-0.4, -0.2) is 37.3 Å². The molecule has 0 aliphatic carbocycles. The molecule has 0 aliphatic rings. The fourth-order valence-corrected chi connectivity index (χ4v) is 3.19. The number of benzene rings is 2. The van der Waals surface area contributed by atoms with Crippen molar-refractivity contribution in [3.63, 3.8) is 0 Å². The van der Waals surface area contributed by atoms with E-state index in [0.29, 0.717) is 34.0 Å². The lowest BCUT2D eigenvalue weighted by molar-refractivity contribution is 0.0934. The Morgan fingerprint density at radius 3 is 2.48 bits per heavy atom. The molecule has 2 rings (SSSR count). The van der Waals surface area contributed by atoms with Crippen molar-refractivity contribution in [1.82, 2.24) is 16.2 Å². The summed E-state index contributed by atoms with van der Waals surface area (Å²) in [5.74, 6) is -0.430. The van der Waals surface area contributed by atoms with Gasteiger partial charge in [0.15, 0.2) is 5.11 Å². The van der Waals surface area contributed by atoms with Crippen LogP contribution < -0.4 is 20.9 Å². The minimum atomic E-state index is -0.538. The molecule has 3 N–H and O–H groups in total. The van der Waals surface area contributed by atoms with E-state index in [1.807, 2.05) is 0 Å². The number of ether oxygens (including phenoxy) is 2. The number of carbonyl (C=O) groups excluding carboxylic acids is 2. The highest BCUT2D eigenvalue weighted by Gasteiger charge is 2.13. The number of thiocarbonyl (C=S) groups is 1. The van der Waals surface area contributed by atoms with E-state index in [-0.39, 0.29) is 15.7 Å². The van der Waals surface area contributed by atoms with Crippen LogP contribution in [0.1, 0.15) is 20.7 Å². The van der Waals surface area contributed by atoms with Crippen molar-refractivity contribution in [3.05, 3.63) is 62.0 Å². The summed E-state index contributed by atoms with van der Waals surface area (Å²) < 4.78 is 11.0. The molecule has 2 aromatic carbocycles. The van der Waals surface area contributed by atoms with Crippen LogP contribution in [0.2, 0.25) is 10.0 Å². The van der Waals surface area contributed by atoms with E-state index in [4.69, 9.17) is 44.9 Å². The van der Waals surface area contributed by atoms with Crippen molar-refractivity contribution in [3.8, 4) is 5.75 Å². The third-order valence-electron chi connectivity index (χ3n) is 3.43. The van der Waals surface area contributed by atoms with Crippen LogP contribution in [0, 0.1) is 0 Å². The number of hydrogen-bond acceptors (Lipinski definition) is 5. The van der Waals surface area contributed by atoms with Gasteiger partial charge in [0, 0.05) is 17.7 Å². The van der Waals surface area contributed by atoms with Gasteiger partial charge in [0.1, 0.15) is 12.4 Å². The maximum absolute atomic E-state index is 12.3. The summed E-state index contributed by atoms with van der Waals surface area (Å²) in [7, 11) is 1.58. The largest absolute Gasteiger partial charge is 0.490 e. The Hall–Kier alpha value is -1.91. The number of carbonyl (C=O) groups is 2. The van der Waals surface area contributed by atoms with Crippen LogP contribution >= 0.6 is 51.3 Å². The number of nitrogens with one attached hydrogen (secondary N) is 3. The molecule has 0 aromatic heterocycles. The van der Waals surface area contributed by atoms with E-state index in [1.54, 1.807) is 25.3 Å². The van der Waals surface area contributed by atoms with E-state index in [1.165, 1.54) is 18.2 Å². The quantitative estimate of drug-likeness (QED) is 0.305. The molecule has 0 radical (unpaired) electrons. The van der Waals surface area contributed by atoms with E-state index < -0.39 is 11.8 Å². The third-order valence-corrected chi connectivity index (χ3v) is 4.80. The summed E-state index contributed by atoms with van der Waals surface area (Å²) in [4.78, 5) is 24.4. The fraction of sp³-hybridized carbons (Fsp3) is 0.167. The molecule has 154 valence electrons. The van der Waals surface area contributed by atoms with Gasteiger partial charge >= 0.3 is 0 Å². The van der Waals surface area contributed by atoms with Crippen LogP contribution in [0.25, 0.3) is 0 Å². The lowest BCUT2D eigenvalue weighted by Gasteiger charge is -2.12. The van der Waals surface area contributed by atoms with Gasteiger partial charge in [0.25, 0.3) is 11.8 Å². The predicted molar refractivity (Wildman–Crippen MR) is 119 cm³/mol. The standard InChI is InChI=1S/C18H16BrCl2N3O4S/c1-27-6-7-28-15-5-2-10(8-13(15)19)16(25)22-18(29)24-23-17(26)12-4-3-11(20)9-14(12)21/h2-5,8-9H,6-7H2,1H3,(H,23,26)(H2,22,24,25,29). The summed E-state index contributed by atoms with van der Waals surface area (Å²) in [6, 6.07) is 9.26. The first kappa shape index (κ1) is 23.4. The Morgan fingerprint density at radius 1 is 1.07 bits per heavy atom. The Balaban J connectivity index is 1.89. The van der Waals surface area contributed by atoms with Crippen molar-refractivity contribution >= 4 is 68.3 Å². The normalized spacial score (nSPS) is 10.2. The number of halogens is 3. The van der Waals surface area contributed by atoms with Crippen molar-refractivity contribution in [2.75, 3.05) is 20.3 Å². The first-order chi connectivity index (χ1) is 13.8. The second-order valence-electron chi connectivity index (χ2n) is 5.47. The second kappa shape index (κ2) is 11.3. The van der Waals surface area contributed by atoms with E-state index in [0.717, 1.165) is 0 Å². The maximum atomic E-state index is 12.3. The van der Waals surface area contributed by atoms with Crippen LogP contribution in [0.4, 0.5) is 0 Å². The molecule has 0 unspecified atom stereocenters. The lowest BCUT2D eigenvalue weighted by atomic mass is 10.2. The number of methoxy groups -OCH3 is 1. The molecular weight excluding hydrogens is 505 g/mol. The van der Waals surface area contributed by atoms with Gasteiger partial charge < -0.3 is 9.47 Å². The van der Waals surface area contributed by atoms with Crippen LogP contribution in [-0.2, 0) is 4.74 Å². The van der Waals surface area contributed by atoms with Gasteiger partial charge in [-0.3, -0.25) is 25.8 Å². The molecule has 29 heavy (non-hydrogen) atoms. The molecule has 2 aromatic rings. The molecule has 0 saturated carbocycles. The first-order valence-corrected chi connectivity index (χ1v) is 10.1. The number of rotatable bonds is 6. The fourth-order valence-electron chi connectivity index (χ4n) is 2.06. The molecule has 2 amide bonds. The van der Waals surface area contributed by atoms with Crippen molar-refractivity contribution in [1.29, 1.82) is 0 Å². The topological polar surface area (TPSA) is 88.7 Å². The number of hydrogen-bond donors (Lipinski definition) is 3. The molecule has 0 atom stereocenters. The molecule has 7 nitrogen and oxygen atoms in total. The van der Waals surface area contributed by atoms with Crippen LogP contribution in [0.15, 0.2) is 40.9 Å². The summed E-state index contributed by atoms with van der Waals surface area (Å²) in [6.07, 6.45) is 0. The van der Waals surface area contributed by atoms with Gasteiger partial charge in [-0.25, -0.2) is 0 Å². The molecular formula is C18H16BrCl2N3O4S. The molecule has 0 spiro atoms. The molecule has 0 aliphatic heterocycles. The van der Waals surface area contributed by atoms with Crippen molar-refractivity contribution < 1.29 is 19.1 Å². The summed E-state index contributed by atoms with van der Waals surface area (Å²) in [6.45, 7) is 0.827. The highest BCUT2D eigenvalue weighted by molar-refractivity contribution is 9.10. The minimum absolute atomic E-state index is 0.0926. The Morgan fingerprint density at radius 2 is 1.83 bits per heavy atom. The Kier molecular flexibility index (Phi) is 9.12. The minimum Gasteiger partial charge on any atom is -0.490 e. The molecule has 0 saturated heterocycles. The highest BCUT2D eigenvalue weighted by Crippen LogP contribution is 2.26. The molecule has 11 heteroatoms. The average molecular weight is 521 g/mol. The number of amides is 2. The van der Waals surface area contributed by atoms with E-state index in [9.17, 15) is 9.59 Å². The van der Waals surface area contributed by atoms with E-state index >= 15 is 0 Å². The van der Waals surface area contributed by atoms with E-state index in [2.05, 4.69) is 32.1 Å². The Labute approximate surface area is 191 Å². The van der Waals surface area contributed by atoms with Gasteiger partial charge in [0.2, 0.25) is 0 Å². The summed E-state index contributed by atoms with van der Waals surface area (Å²) in [5.41, 5.74) is 5.33. The second-order valence-corrected chi connectivity index (χ2v) is 7.58. The lowest BCUT2D eigenvalue weighted by Crippen LogP contribution is -2.48. The molecule has 0 bridgehead atoms. The average Bonchev–Trinajstić information content (AvgIpc) is 2.67. The van der Waals surface area contributed by atoms with Crippen molar-refractivity contribution in [2.45, 2.75) is 0 Å². The Bertz CT molecular complexity index is 930. The molecule has 0 fully saturated rings. The van der Waals surface area contributed by atoms with Crippen LogP contribution in [0.5, 0.6) is 5.75 Å². The first-order valence-electron chi connectivity index (χ1n) is 8.10. The predicted octanol–water partition coefficient (Wildman–Crippen LogP) is 3.73. The zero-order valence-electron chi connectivity index (χ0n) is 15.1. The zero-order chi connectivity index (χ0) is 21.4. The van der Waals surface area contributed by atoms with Gasteiger partial charge in [-0.1, -0.05) is 23.2 Å². The zero-order valence-corrected chi connectivity index (χ0v) is 19.0. The van der Waals surface area contributed by atoms with Gasteiger partial charge in [-0.05, 0) is 64.5 Å². The number of hydrazine groups is 1. The summed E-state index contributed by atoms with van der Waals surface area (Å²) in [5, 5.41) is 2.95. The highest BCUT2D eigenvalue weighted by atomic mass is 79.9. The maximum Gasteiger partial charge on any atom is 0.271 e. The van der Waals surface area contributed by atoms with Gasteiger partial charge in [0.05, 0.1) is 21.7 Å². The third kappa shape index (κ3) is 7.13.